The summed E-state index contributed by atoms with van der Waals surface area (Å²) in [5.74, 6) is 1.34. The minimum atomic E-state index is -0.0539. The number of ether oxygens (including phenoxy) is 1. The second-order valence-electron chi connectivity index (χ2n) is 5.26. The van der Waals surface area contributed by atoms with Gasteiger partial charge in [-0.15, -0.1) is 11.3 Å². The van der Waals surface area contributed by atoms with Crippen molar-refractivity contribution >= 4 is 17.2 Å². The molecule has 0 saturated carbocycles. The highest BCUT2D eigenvalue weighted by Crippen LogP contribution is 2.22. The van der Waals surface area contributed by atoms with Crippen molar-refractivity contribution < 1.29 is 13.9 Å². The molecule has 1 atom stereocenters. The summed E-state index contributed by atoms with van der Waals surface area (Å²) in [4.78, 5) is 18.6. The van der Waals surface area contributed by atoms with Gasteiger partial charge in [-0.2, -0.15) is 0 Å². The zero-order valence-electron chi connectivity index (χ0n) is 13.7. The number of nitrogens with zero attached hydrogens (tertiary/aromatic N) is 2. The molecule has 1 unspecified atom stereocenters. The quantitative estimate of drug-likeness (QED) is 0.813. The van der Waals surface area contributed by atoms with Crippen LogP contribution in [-0.2, 0) is 11.3 Å². The maximum absolute atomic E-state index is 12.4. The van der Waals surface area contributed by atoms with Gasteiger partial charge in [0.15, 0.2) is 0 Å². The van der Waals surface area contributed by atoms with E-state index in [1.54, 1.807) is 36.3 Å². The number of furan rings is 1. The molecule has 0 radical (unpaired) electrons. The molecule has 2 heterocycles. The van der Waals surface area contributed by atoms with Gasteiger partial charge in [0, 0.05) is 19.0 Å². The van der Waals surface area contributed by atoms with Crippen LogP contribution in [0, 0.1) is 13.8 Å². The molecule has 0 aromatic carbocycles. The lowest BCUT2D eigenvalue weighted by Gasteiger charge is -2.15. The Morgan fingerprint density at radius 1 is 1.50 bits per heavy atom. The van der Waals surface area contributed by atoms with E-state index >= 15 is 0 Å². The molecule has 2 aromatic heterocycles. The topological polar surface area (TPSA) is 55.6 Å². The van der Waals surface area contributed by atoms with Crippen LogP contribution in [0.1, 0.15) is 52.5 Å². The summed E-state index contributed by atoms with van der Waals surface area (Å²) >= 11 is 1.56. The Bertz CT molecular complexity index is 648. The highest BCUT2D eigenvalue weighted by Gasteiger charge is 2.19. The lowest BCUT2D eigenvalue weighted by Crippen LogP contribution is -2.26. The van der Waals surface area contributed by atoms with Gasteiger partial charge in [-0.25, -0.2) is 4.98 Å². The SMILES string of the molecule is CCOC(C)c1nc(CN(C)C(=O)c2cc(C)oc2C)cs1. The molecule has 0 spiro atoms. The smallest absolute Gasteiger partial charge is 0.257 e. The van der Waals surface area contributed by atoms with Crippen molar-refractivity contribution in [2.24, 2.45) is 0 Å². The van der Waals surface area contributed by atoms with Crippen molar-refractivity contribution in [1.82, 2.24) is 9.88 Å². The van der Waals surface area contributed by atoms with Gasteiger partial charge in [0.2, 0.25) is 0 Å². The average Bonchev–Trinajstić information content (AvgIpc) is 3.05. The van der Waals surface area contributed by atoms with Crippen molar-refractivity contribution in [3.63, 3.8) is 0 Å². The molecule has 0 aliphatic heterocycles. The van der Waals surface area contributed by atoms with E-state index in [4.69, 9.17) is 9.15 Å². The van der Waals surface area contributed by atoms with Gasteiger partial charge in [0.05, 0.1) is 17.8 Å². The predicted octanol–water partition coefficient (Wildman–Crippen LogP) is 3.72. The van der Waals surface area contributed by atoms with Gasteiger partial charge >= 0.3 is 0 Å². The number of hydrogen-bond acceptors (Lipinski definition) is 5. The van der Waals surface area contributed by atoms with Crippen molar-refractivity contribution in [1.29, 1.82) is 0 Å². The largest absolute Gasteiger partial charge is 0.466 e. The standard InChI is InChI=1S/C16H22N2O3S/c1-6-20-12(4)15-17-13(9-22-15)8-18(5)16(19)14-7-10(2)21-11(14)3/h7,9,12H,6,8H2,1-5H3. The van der Waals surface area contributed by atoms with Crippen molar-refractivity contribution in [3.8, 4) is 0 Å². The molecule has 1 amide bonds. The monoisotopic (exact) mass is 322 g/mol. The van der Waals surface area contributed by atoms with E-state index < -0.39 is 0 Å². The number of carbonyl (C=O) groups excluding carboxylic acids is 1. The summed E-state index contributed by atoms with van der Waals surface area (Å²) in [6.45, 7) is 8.72. The highest BCUT2D eigenvalue weighted by molar-refractivity contribution is 7.09. The Balaban J connectivity index is 2.04. The first kappa shape index (κ1) is 16.7. The first-order chi connectivity index (χ1) is 10.4. The van der Waals surface area contributed by atoms with E-state index in [-0.39, 0.29) is 12.0 Å². The molecule has 5 nitrogen and oxygen atoms in total. The number of hydrogen-bond donors (Lipinski definition) is 0. The molecule has 22 heavy (non-hydrogen) atoms. The summed E-state index contributed by atoms with van der Waals surface area (Å²) in [7, 11) is 1.77. The van der Waals surface area contributed by atoms with Gasteiger partial charge in [-0.3, -0.25) is 4.79 Å². The van der Waals surface area contributed by atoms with E-state index in [1.165, 1.54) is 0 Å². The van der Waals surface area contributed by atoms with Crippen LogP contribution in [0.25, 0.3) is 0 Å². The summed E-state index contributed by atoms with van der Waals surface area (Å²) in [6, 6.07) is 1.78. The molecule has 6 heteroatoms. The van der Waals surface area contributed by atoms with Gasteiger partial charge in [-0.05, 0) is 33.8 Å². The second-order valence-corrected chi connectivity index (χ2v) is 6.15. The summed E-state index contributed by atoms with van der Waals surface area (Å²) in [5, 5.41) is 2.91. The minimum absolute atomic E-state index is 0.0106. The fourth-order valence-electron chi connectivity index (χ4n) is 2.27. The number of carbonyl (C=O) groups is 1. The Labute approximate surface area is 134 Å². The summed E-state index contributed by atoms with van der Waals surface area (Å²) in [5.41, 5.74) is 1.48. The van der Waals surface area contributed by atoms with Crippen LogP contribution >= 0.6 is 11.3 Å². The molecule has 2 rings (SSSR count). The maximum atomic E-state index is 12.4. The van der Waals surface area contributed by atoms with Gasteiger partial charge < -0.3 is 14.1 Å². The second kappa shape index (κ2) is 7.07. The fourth-order valence-corrected chi connectivity index (χ4v) is 3.08. The lowest BCUT2D eigenvalue weighted by atomic mass is 10.2. The summed E-state index contributed by atoms with van der Waals surface area (Å²) < 4.78 is 11.0. The van der Waals surface area contributed by atoms with E-state index in [0.29, 0.717) is 24.5 Å². The van der Waals surface area contributed by atoms with E-state index in [9.17, 15) is 4.79 Å². The third-order valence-electron chi connectivity index (χ3n) is 3.35. The first-order valence-corrected chi connectivity index (χ1v) is 8.18. The Morgan fingerprint density at radius 3 is 2.82 bits per heavy atom. The molecular formula is C16H22N2O3S. The number of rotatable bonds is 6. The molecule has 0 fully saturated rings. The van der Waals surface area contributed by atoms with Crippen LogP contribution in [0.4, 0.5) is 0 Å². The van der Waals surface area contributed by atoms with Crippen LogP contribution in [0.3, 0.4) is 0 Å². The molecule has 120 valence electrons. The van der Waals surface area contributed by atoms with Crippen LogP contribution in [0.5, 0.6) is 0 Å². The fraction of sp³-hybridized carbons (Fsp3) is 0.500. The predicted molar refractivity (Wildman–Crippen MR) is 86.1 cm³/mol. The van der Waals surface area contributed by atoms with Crippen LogP contribution in [0.15, 0.2) is 15.9 Å². The van der Waals surface area contributed by atoms with Crippen LogP contribution < -0.4 is 0 Å². The maximum Gasteiger partial charge on any atom is 0.257 e. The first-order valence-electron chi connectivity index (χ1n) is 7.30. The number of thiazole rings is 1. The molecule has 2 aromatic rings. The van der Waals surface area contributed by atoms with Gasteiger partial charge in [-0.1, -0.05) is 0 Å². The van der Waals surface area contributed by atoms with Gasteiger partial charge in [0.1, 0.15) is 22.6 Å². The third kappa shape index (κ3) is 3.75. The van der Waals surface area contributed by atoms with Crippen LogP contribution in [-0.4, -0.2) is 29.4 Å². The highest BCUT2D eigenvalue weighted by atomic mass is 32.1. The van der Waals surface area contributed by atoms with Crippen LogP contribution in [0.2, 0.25) is 0 Å². The van der Waals surface area contributed by atoms with Gasteiger partial charge in [0.25, 0.3) is 5.91 Å². The zero-order chi connectivity index (χ0) is 16.3. The molecule has 0 N–H and O–H groups in total. The zero-order valence-corrected chi connectivity index (χ0v) is 14.5. The molecule has 0 saturated heterocycles. The number of aromatic nitrogens is 1. The van der Waals surface area contributed by atoms with E-state index in [0.717, 1.165) is 16.5 Å². The Hall–Kier alpha value is -1.66. The Morgan fingerprint density at radius 2 is 2.23 bits per heavy atom. The number of amides is 1. The molecule has 0 aliphatic rings. The normalized spacial score (nSPS) is 12.4. The van der Waals surface area contributed by atoms with Crippen molar-refractivity contribution in [2.75, 3.05) is 13.7 Å². The van der Waals surface area contributed by atoms with Crippen molar-refractivity contribution in [3.05, 3.63) is 39.2 Å². The third-order valence-corrected chi connectivity index (χ3v) is 4.41. The average molecular weight is 322 g/mol. The molecular weight excluding hydrogens is 300 g/mol. The van der Waals surface area contributed by atoms with Crippen molar-refractivity contribution in [2.45, 2.75) is 40.3 Å². The molecule has 0 bridgehead atoms. The molecule has 0 aliphatic carbocycles. The van der Waals surface area contributed by atoms with E-state index in [2.05, 4.69) is 4.98 Å². The lowest BCUT2D eigenvalue weighted by molar-refractivity contribution is 0.0755. The summed E-state index contributed by atoms with van der Waals surface area (Å²) in [6.07, 6.45) is -0.0106. The Kier molecular flexibility index (Phi) is 5.37. The minimum Gasteiger partial charge on any atom is -0.466 e. The van der Waals surface area contributed by atoms with E-state index in [1.807, 2.05) is 26.2 Å². The number of aryl methyl sites for hydroxylation is 2.